The van der Waals surface area contributed by atoms with Gasteiger partial charge in [0.1, 0.15) is 6.04 Å². The van der Waals surface area contributed by atoms with Crippen LogP contribution in [0.25, 0.3) is 0 Å². The van der Waals surface area contributed by atoms with Gasteiger partial charge in [-0.25, -0.2) is 4.98 Å². The van der Waals surface area contributed by atoms with Crippen molar-refractivity contribution in [3.05, 3.63) is 53.6 Å². The van der Waals surface area contributed by atoms with E-state index in [4.69, 9.17) is 10.8 Å². The summed E-state index contributed by atoms with van der Waals surface area (Å²) in [6.07, 6.45) is 3.13. The number of benzene rings is 1. The molecule has 0 fully saturated rings. The largest absolute Gasteiger partial charge is 0.481 e. The number of hydrogen-bond donors (Lipinski definition) is 2. The van der Waals surface area contributed by atoms with Gasteiger partial charge in [0.05, 0.1) is 17.9 Å². The smallest absolute Gasteiger partial charge is 0.306 e. The monoisotopic (exact) mass is 299 g/mol. The highest BCUT2D eigenvalue weighted by atomic mass is 16.4. The van der Waals surface area contributed by atoms with Crippen LogP contribution in [0.3, 0.4) is 0 Å². The van der Waals surface area contributed by atoms with Crippen LogP contribution in [0, 0.1) is 5.92 Å². The Morgan fingerprint density at radius 2 is 2.05 bits per heavy atom. The number of carboxylic acid groups (broad SMARTS) is 1. The van der Waals surface area contributed by atoms with Crippen LogP contribution in [-0.2, 0) is 22.4 Å². The number of carbonyl (C=O) groups excluding carboxylic acids is 1. The minimum absolute atomic E-state index is 0.401. The molecule has 1 amide bonds. The molecule has 2 aromatic rings. The van der Waals surface area contributed by atoms with Crippen molar-refractivity contribution >= 4 is 11.9 Å². The maximum atomic E-state index is 11.9. The van der Waals surface area contributed by atoms with E-state index in [2.05, 4.69) is 4.98 Å². The van der Waals surface area contributed by atoms with Gasteiger partial charge in [-0.15, -0.1) is 0 Å². The highest BCUT2D eigenvalue weighted by molar-refractivity contribution is 5.82. The van der Waals surface area contributed by atoms with Gasteiger partial charge in [0, 0.05) is 12.1 Å². The number of hydrogen-bond acceptors (Lipinski definition) is 3. The number of nitrogens with two attached hydrogens (primary N) is 1. The van der Waals surface area contributed by atoms with Crippen LogP contribution in [0.1, 0.15) is 29.4 Å². The van der Waals surface area contributed by atoms with Gasteiger partial charge in [-0.1, -0.05) is 30.3 Å². The molecule has 1 aliphatic rings. The fraction of sp³-hybridized carbons (Fsp3) is 0.312. The first-order valence-corrected chi connectivity index (χ1v) is 7.19. The predicted octanol–water partition coefficient (Wildman–Crippen LogP) is 1.15. The van der Waals surface area contributed by atoms with Crippen molar-refractivity contribution in [1.82, 2.24) is 9.55 Å². The zero-order valence-corrected chi connectivity index (χ0v) is 12.0. The van der Waals surface area contributed by atoms with Crippen molar-refractivity contribution in [3.63, 3.8) is 0 Å². The van der Waals surface area contributed by atoms with E-state index in [9.17, 15) is 9.59 Å². The SMILES string of the molecule is NC(=O)C(c1ccccc1)n1cnc2c1CCC(C(=O)O)C2. The molecule has 1 aliphatic carbocycles. The van der Waals surface area contributed by atoms with Crippen molar-refractivity contribution in [3.8, 4) is 0 Å². The minimum Gasteiger partial charge on any atom is -0.481 e. The Kier molecular flexibility index (Phi) is 3.66. The zero-order valence-electron chi connectivity index (χ0n) is 12.0. The number of carboxylic acids is 1. The number of amides is 1. The Morgan fingerprint density at radius 1 is 1.32 bits per heavy atom. The van der Waals surface area contributed by atoms with Crippen LogP contribution in [0.5, 0.6) is 0 Å². The highest BCUT2D eigenvalue weighted by Gasteiger charge is 2.30. The molecule has 0 saturated carbocycles. The lowest BCUT2D eigenvalue weighted by molar-refractivity contribution is -0.142. The second-order valence-electron chi connectivity index (χ2n) is 5.54. The molecule has 3 N–H and O–H groups in total. The van der Waals surface area contributed by atoms with Crippen LogP contribution in [0.2, 0.25) is 0 Å². The summed E-state index contributed by atoms with van der Waals surface area (Å²) >= 11 is 0. The number of rotatable bonds is 4. The lowest BCUT2D eigenvalue weighted by Gasteiger charge is -2.23. The maximum absolute atomic E-state index is 11.9. The maximum Gasteiger partial charge on any atom is 0.306 e. The van der Waals surface area contributed by atoms with E-state index in [1.807, 2.05) is 30.3 Å². The van der Waals surface area contributed by atoms with Gasteiger partial charge >= 0.3 is 5.97 Å². The van der Waals surface area contributed by atoms with Crippen molar-refractivity contribution in [2.45, 2.75) is 25.3 Å². The molecule has 0 saturated heterocycles. The second-order valence-corrected chi connectivity index (χ2v) is 5.54. The molecule has 22 heavy (non-hydrogen) atoms. The van der Waals surface area contributed by atoms with Crippen molar-refractivity contribution in [1.29, 1.82) is 0 Å². The Bertz CT molecular complexity index is 709. The number of imidazole rings is 1. The van der Waals surface area contributed by atoms with Gasteiger partial charge in [0.15, 0.2) is 0 Å². The van der Waals surface area contributed by atoms with E-state index in [0.29, 0.717) is 19.3 Å². The second kappa shape index (κ2) is 5.63. The van der Waals surface area contributed by atoms with Crippen molar-refractivity contribution < 1.29 is 14.7 Å². The lowest BCUT2D eigenvalue weighted by Crippen LogP contribution is -2.30. The third-order valence-electron chi connectivity index (χ3n) is 4.16. The summed E-state index contributed by atoms with van der Waals surface area (Å²) in [6, 6.07) is 8.68. The fourth-order valence-electron chi connectivity index (χ4n) is 3.05. The summed E-state index contributed by atoms with van der Waals surface area (Å²) in [4.78, 5) is 27.4. The molecule has 0 bridgehead atoms. The first kappa shape index (κ1) is 14.3. The quantitative estimate of drug-likeness (QED) is 0.884. The van der Waals surface area contributed by atoms with Crippen LogP contribution < -0.4 is 5.73 Å². The summed E-state index contributed by atoms with van der Waals surface area (Å²) < 4.78 is 1.78. The molecule has 6 nitrogen and oxygen atoms in total. The zero-order chi connectivity index (χ0) is 15.7. The molecular formula is C16H17N3O3. The minimum atomic E-state index is -0.797. The Hall–Kier alpha value is -2.63. The summed E-state index contributed by atoms with van der Waals surface area (Å²) in [6.45, 7) is 0. The number of primary amides is 1. The fourth-order valence-corrected chi connectivity index (χ4v) is 3.05. The van der Waals surface area contributed by atoms with Gasteiger partial charge in [-0.05, 0) is 18.4 Å². The highest BCUT2D eigenvalue weighted by Crippen LogP contribution is 2.29. The predicted molar refractivity (Wildman–Crippen MR) is 79.2 cm³/mol. The van der Waals surface area contributed by atoms with E-state index in [1.165, 1.54) is 0 Å². The molecule has 0 radical (unpaired) electrons. The third-order valence-corrected chi connectivity index (χ3v) is 4.16. The molecule has 3 rings (SSSR count). The average Bonchev–Trinajstić information content (AvgIpc) is 2.91. The number of aliphatic carboxylic acids is 1. The van der Waals surface area contributed by atoms with Crippen LogP contribution in [0.15, 0.2) is 36.7 Å². The van der Waals surface area contributed by atoms with E-state index >= 15 is 0 Å². The van der Waals surface area contributed by atoms with E-state index < -0.39 is 23.8 Å². The molecule has 1 aromatic carbocycles. The summed E-state index contributed by atoms with van der Waals surface area (Å²) in [5.41, 5.74) is 8.05. The summed E-state index contributed by atoms with van der Waals surface area (Å²) in [5, 5.41) is 9.14. The van der Waals surface area contributed by atoms with Gasteiger partial charge in [0.25, 0.3) is 0 Å². The summed E-state index contributed by atoms with van der Waals surface area (Å²) in [7, 11) is 0. The molecule has 1 aromatic heterocycles. The number of aromatic nitrogens is 2. The molecule has 0 spiro atoms. The van der Waals surface area contributed by atoms with Gasteiger partial charge in [0.2, 0.25) is 5.91 Å². The van der Waals surface area contributed by atoms with Gasteiger partial charge in [-0.2, -0.15) is 0 Å². The van der Waals surface area contributed by atoms with Crippen LogP contribution in [0.4, 0.5) is 0 Å². The first-order chi connectivity index (χ1) is 10.6. The third kappa shape index (κ3) is 2.47. The van der Waals surface area contributed by atoms with Gasteiger partial charge in [-0.3, -0.25) is 9.59 Å². The standard InChI is InChI=1S/C16H17N3O3/c17-15(20)14(10-4-2-1-3-5-10)19-9-18-12-8-11(16(21)22)6-7-13(12)19/h1-5,9,11,14H,6-8H2,(H2,17,20)(H,21,22). The van der Waals surface area contributed by atoms with Gasteiger partial charge < -0.3 is 15.4 Å². The summed E-state index contributed by atoms with van der Waals surface area (Å²) in [5.74, 6) is -1.65. The lowest BCUT2D eigenvalue weighted by atomic mass is 9.89. The number of fused-ring (bicyclic) bond motifs is 1. The number of nitrogens with zero attached hydrogens (tertiary/aromatic N) is 2. The Morgan fingerprint density at radius 3 is 2.68 bits per heavy atom. The normalized spacial score (nSPS) is 18.5. The first-order valence-electron chi connectivity index (χ1n) is 7.19. The molecule has 2 atom stereocenters. The molecular weight excluding hydrogens is 282 g/mol. The molecule has 2 unspecified atom stereocenters. The molecule has 114 valence electrons. The molecule has 0 aliphatic heterocycles. The molecule has 1 heterocycles. The topological polar surface area (TPSA) is 98.2 Å². The van der Waals surface area contributed by atoms with Crippen molar-refractivity contribution in [2.75, 3.05) is 0 Å². The Labute approximate surface area is 127 Å². The molecule has 6 heteroatoms. The van der Waals surface area contributed by atoms with E-state index in [1.54, 1.807) is 10.9 Å². The van der Waals surface area contributed by atoms with E-state index in [0.717, 1.165) is 17.0 Å². The van der Waals surface area contributed by atoms with Crippen LogP contribution >= 0.6 is 0 Å². The Balaban J connectivity index is 1.98. The van der Waals surface area contributed by atoms with E-state index in [-0.39, 0.29) is 0 Å². The average molecular weight is 299 g/mol. The van der Waals surface area contributed by atoms with Crippen molar-refractivity contribution in [2.24, 2.45) is 11.7 Å². The number of carbonyl (C=O) groups is 2. The van der Waals surface area contributed by atoms with Crippen LogP contribution in [-0.4, -0.2) is 26.5 Å².